The molecule has 0 bridgehead atoms. The monoisotopic (exact) mass is 148 g/mol. The van der Waals surface area contributed by atoms with Gasteiger partial charge in [-0.25, -0.2) is 0 Å². The highest BCUT2D eigenvalue weighted by Crippen LogP contribution is 2.18. The van der Waals surface area contributed by atoms with Crippen LogP contribution in [-0.4, -0.2) is 18.6 Å². The average Bonchev–Trinajstić information content (AvgIpc) is 1.94. The van der Waals surface area contributed by atoms with E-state index >= 15 is 0 Å². The molecule has 0 saturated carbocycles. The maximum Gasteiger partial charge on any atom is 0.193 e. The van der Waals surface area contributed by atoms with Gasteiger partial charge in [0.15, 0.2) is 7.85 Å². The quantitative estimate of drug-likeness (QED) is 0.587. The van der Waals surface area contributed by atoms with Crippen molar-refractivity contribution in [1.82, 2.24) is 0 Å². The van der Waals surface area contributed by atoms with Crippen molar-refractivity contribution in [3.63, 3.8) is 0 Å². The minimum Gasteiger partial charge on any atom is -0.508 e. The highest BCUT2D eigenvalue weighted by Gasteiger charge is 2.04. The Labute approximate surface area is 66.3 Å². The van der Waals surface area contributed by atoms with E-state index in [9.17, 15) is 9.90 Å². The van der Waals surface area contributed by atoms with Crippen LogP contribution in [0.4, 0.5) is 0 Å². The zero-order valence-electron chi connectivity index (χ0n) is 6.59. The van der Waals surface area contributed by atoms with Gasteiger partial charge < -0.3 is 9.90 Å². The van der Waals surface area contributed by atoms with Gasteiger partial charge in [0.05, 0.1) is 0 Å². The number of phenolic OH excluding ortho intramolecular Hbond substituents is 1. The number of carbonyl (C=O) groups is 1. The Kier molecular flexibility index (Phi) is 1.99. The van der Waals surface area contributed by atoms with Crippen molar-refractivity contribution in [3.8, 4) is 5.75 Å². The van der Waals surface area contributed by atoms with Crippen LogP contribution in [0.25, 0.3) is 0 Å². The van der Waals surface area contributed by atoms with Crippen LogP contribution in [0.1, 0.15) is 15.9 Å². The van der Waals surface area contributed by atoms with Crippen molar-refractivity contribution in [3.05, 3.63) is 29.3 Å². The topological polar surface area (TPSA) is 37.3 Å². The Hall–Kier alpha value is -1.25. The molecular formula is C8H9BO2. The summed E-state index contributed by atoms with van der Waals surface area (Å²) in [6.07, 6.45) is 0. The standard InChI is InChI=1S/C8H9BO2/c1-5-6(8(9)11)3-2-4-7(5)10/h2-4,10H,9H2,1H3. The Bertz CT molecular complexity index is 294. The summed E-state index contributed by atoms with van der Waals surface area (Å²) in [7, 11) is 1.49. The molecule has 0 saturated heterocycles. The summed E-state index contributed by atoms with van der Waals surface area (Å²) in [4.78, 5) is 10.9. The third kappa shape index (κ3) is 1.42. The first-order valence-corrected chi connectivity index (χ1v) is 3.42. The highest BCUT2D eigenvalue weighted by molar-refractivity contribution is 6.62. The molecule has 2 nitrogen and oxygen atoms in total. The average molecular weight is 148 g/mol. The lowest BCUT2D eigenvalue weighted by atomic mass is 9.91. The van der Waals surface area contributed by atoms with Crippen LogP contribution in [-0.2, 0) is 0 Å². The van der Waals surface area contributed by atoms with Gasteiger partial charge in [-0.2, -0.15) is 0 Å². The molecule has 0 heterocycles. The van der Waals surface area contributed by atoms with E-state index in [4.69, 9.17) is 0 Å². The molecule has 1 aromatic carbocycles. The van der Waals surface area contributed by atoms with Crippen molar-refractivity contribution >= 4 is 13.5 Å². The van der Waals surface area contributed by atoms with Gasteiger partial charge in [-0.05, 0) is 13.0 Å². The third-order valence-corrected chi connectivity index (χ3v) is 1.68. The van der Waals surface area contributed by atoms with Crippen LogP contribution in [0, 0.1) is 6.92 Å². The minimum absolute atomic E-state index is 0.0154. The molecule has 0 aliphatic rings. The maximum atomic E-state index is 10.9. The Morgan fingerprint density at radius 3 is 2.64 bits per heavy atom. The van der Waals surface area contributed by atoms with Gasteiger partial charge in [0, 0.05) is 11.1 Å². The summed E-state index contributed by atoms with van der Waals surface area (Å²) in [6, 6.07) is 4.94. The lowest BCUT2D eigenvalue weighted by Crippen LogP contribution is -1.99. The molecule has 0 radical (unpaired) electrons. The van der Waals surface area contributed by atoms with E-state index in [2.05, 4.69) is 0 Å². The molecule has 0 spiro atoms. The molecule has 11 heavy (non-hydrogen) atoms. The predicted molar refractivity (Wildman–Crippen MR) is 45.7 cm³/mol. The fourth-order valence-electron chi connectivity index (χ4n) is 1.00. The van der Waals surface area contributed by atoms with Crippen molar-refractivity contribution < 1.29 is 9.90 Å². The number of phenols is 1. The van der Waals surface area contributed by atoms with E-state index in [1.54, 1.807) is 25.1 Å². The molecule has 0 atom stereocenters. The first-order chi connectivity index (χ1) is 5.13. The molecule has 1 aromatic rings. The number of hydrogen-bond acceptors (Lipinski definition) is 2. The summed E-state index contributed by atoms with van der Waals surface area (Å²) < 4.78 is 0. The maximum absolute atomic E-state index is 10.9. The van der Waals surface area contributed by atoms with Crippen molar-refractivity contribution in [2.24, 2.45) is 0 Å². The number of rotatable bonds is 1. The zero-order valence-corrected chi connectivity index (χ0v) is 6.59. The minimum atomic E-state index is -0.0154. The molecule has 1 N–H and O–H groups in total. The molecule has 0 aliphatic carbocycles. The van der Waals surface area contributed by atoms with E-state index in [0.29, 0.717) is 11.1 Å². The Balaban J connectivity index is 3.27. The van der Waals surface area contributed by atoms with Crippen molar-refractivity contribution in [1.29, 1.82) is 0 Å². The van der Waals surface area contributed by atoms with Gasteiger partial charge in [-0.1, -0.05) is 12.1 Å². The largest absolute Gasteiger partial charge is 0.508 e. The molecule has 1 rings (SSSR count). The lowest BCUT2D eigenvalue weighted by molar-refractivity contribution is 0.107. The Morgan fingerprint density at radius 2 is 2.18 bits per heavy atom. The van der Waals surface area contributed by atoms with Crippen molar-refractivity contribution in [2.75, 3.05) is 0 Å². The summed E-state index contributed by atoms with van der Waals surface area (Å²) in [6.45, 7) is 1.73. The predicted octanol–water partition coefficient (Wildman–Crippen LogP) is 0.474. The summed E-state index contributed by atoms with van der Waals surface area (Å²) in [5, 5.41) is 9.20. The van der Waals surface area contributed by atoms with Gasteiger partial charge in [0.25, 0.3) is 0 Å². The number of hydrogen-bond donors (Lipinski definition) is 1. The van der Waals surface area contributed by atoms with E-state index in [1.807, 2.05) is 0 Å². The van der Waals surface area contributed by atoms with Crippen LogP contribution in [0.2, 0.25) is 0 Å². The van der Waals surface area contributed by atoms with E-state index in [0.717, 1.165) is 0 Å². The fourth-order valence-corrected chi connectivity index (χ4v) is 1.00. The van der Waals surface area contributed by atoms with Crippen LogP contribution in [0.5, 0.6) is 5.75 Å². The van der Waals surface area contributed by atoms with E-state index in [-0.39, 0.29) is 11.4 Å². The molecular weight excluding hydrogens is 139 g/mol. The first kappa shape index (κ1) is 7.86. The van der Waals surface area contributed by atoms with E-state index < -0.39 is 0 Å². The molecule has 3 heteroatoms. The van der Waals surface area contributed by atoms with Crippen LogP contribution in [0.3, 0.4) is 0 Å². The number of carbonyl (C=O) groups excluding carboxylic acids is 1. The second-order valence-corrected chi connectivity index (χ2v) is 2.51. The van der Waals surface area contributed by atoms with Gasteiger partial charge in [-0.3, -0.25) is 0 Å². The van der Waals surface area contributed by atoms with Crippen LogP contribution in [0.15, 0.2) is 18.2 Å². The van der Waals surface area contributed by atoms with Gasteiger partial charge in [0.2, 0.25) is 0 Å². The second-order valence-electron chi connectivity index (χ2n) is 2.51. The third-order valence-electron chi connectivity index (χ3n) is 1.68. The smallest absolute Gasteiger partial charge is 0.193 e. The van der Waals surface area contributed by atoms with Crippen LogP contribution >= 0.6 is 0 Å². The summed E-state index contributed by atoms with van der Waals surface area (Å²) >= 11 is 0. The lowest BCUT2D eigenvalue weighted by Gasteiger charge is -2.02. The zero-order chi connectivity index (χ0) is 8.43. The van der Waals surface area contributed by atoms with Gasteiger partial charge >= 0.3 is 0 Å². The number of aromatic hydroxyl groups is 1. The summed E-state index contributed by atoms with van der Waals surface area (Å²) in [5.41, 5.74) is 1.23. The van der Waals surface area contributed by atoms with E-state index in [1.165, 1.54) is 7.85 Å². The van der Waals surface area contributed by atoms with Crippen LogP contribution < -0.4 is 0 Å². The fraction of sp³-hybridized carbons (Fsp3) is 0.125. The molecule has 56 valence electrons. The normalized spacial score (nSPS) is 9.55. The highest BCUT2D eigenvalue weighted by atomic mass is 16.3. The molecule has 0 aliphatic heterocycles. The molecule has 0 amide bonds. The van der Waals surface area contributed by atoms with Gasteiger partial charge in [0.1, 0.15) is 11.4 Å². The first-order valence-electron chi connectivity index (χ1n) is 3.42. The summed E-state index contributed by atoms with van der Waals surface area (Å²) in [5.74, 6) is 0.178. The second kappa shape index (κ2) is 2.78. The van der Waals surface area contributed by atoms with Crippen molar-refractivity contribution in [2.45, 2.75) is 6.92 Å². The van der Waals surface area contributed by atoms with Gasteiger partial charge in [-0.15, -0.1) is 0 Å². The molecule has 0 aromatic heterocycles. The Morgan fingerprint density at radius 1 is 1.55 bits per heavy atom. The molecule has 0 unspecified atom stereocenters. The SMILES string of the molecule is BC(=O)c1cccc(O)c1C. The molecule has 0 fully saturated rings. The number of benzene rings is 1.